The molecule has 1 saturated heterocycles. The Balaban J connectivity index is 1.61. The molecule has 1 aliphatic rings. The highest BCUT2D eigenvalue weighted by Gasteiger charge is 2.22. The Bertz CT molecular complexity index is 815. The zero-order chi connectivity index (χ0) is 18.5. The summed E-state index contributed by atoms with van der Waals surface area (Å²) >= 11 is 0. The fraction of sp³-hybridized carbons (Fsp3) is 0.333. The lowest BCUT2D eigenvalue weighted by molar-refractivity contribution is 0.208. The highest BCUT2D eigenvalue weighted by molar-refractivity contribution is 5.91. The number of nitrogens with one attached hydrogen (secondary N) is 1. The first-order valence-electron chi connectivity index (χ1n) is 9.02. The molecule has 0 bridgehead atoms. The number of carbonyl (C=O) groups is 1. The predicted octanol–water partition coefficient (Wildman–Crippen LogP) is 3.78. The molecule has 0 atom stereocenters. The normalized spacial score (nSPS) is 14.0. The van der Waals surface area contributed by atoms with Crippen LogP contribution >= 0.6 is 0 Å². The fourth-order valence-corrected chi connectivity index (χ4v) is 3.30. The van der Waals surface area contributed by atoms with Crippen LogP contribution in [0.25, 0.3) is 0 Å². The van der Waals surface area contributed by atoms with Crippen LogP contribution in [0.15, 0.2) is 42.5 Å². The lowest BCUT2D eigenvalue weighted by Gasteiger charge is -2.36. The van der Waals surface area contributed by atoms with E-state index in [1.165, 1.54) is 0 Å². The number of rotatable bonds is 3. The van der Waals surface area contributed by atoms with Crippen molar-refractivity contribution in [1.29, 1.82) is 5.26 Å². The van der Waals surface area contributed by atoms with Gasteiger partial charge in [0.15, 0.2) is 0 Å². The maximum Gasteiger partial charge on any atom is 0.321 e. The summed E-state index contributed by atoms with van der Waals surface area (Å²) in [6.45, 7) is 7.05. The second-order valence-corrected chi connectivity index (χ2v) is 6.53. The molecule has 134 valence electrons. The zero-order valence-electron chi connectivity index (χ0n) is 15.3. The fourth-order valence-electron chi connectivity index (χ4n) is 3.30. The summed E-state index contributed by atoms with van der Waals surface area (Å²) in [7, 11) is 0. The van der Waals surface area contributed by atoms with E-state index in [1.807, 2.05) is 48.2 Å². The van der Waals surface area contributed by atoms with Gasteiger partial charge in [-0.05, 0) is 48.7 Å². The van der Waals surface area contributed by atoms with Gasteiger partial charge in [-0.1, -0.05) is 25.1 Å². The van der Waals surface area contributed by atoms with Crippen LogP contribution in [0.2, 0.25) is 0 Å². The number of benzene rings is 2. The number of urea groups is 1. The van der Waals surface area contributed by atoms with Gasteiger partial charge in [-0.15, -0.1) is 0 Å². The van der Waals surface area contributed by atoms with Gasteiger partial charge >= 0.3 is 6.03 Å². The van der Waals surface area contributed by atoms with Crippen molar-refractivity contribution in [2.75, 3.05) is 36.4 Å². The Kier molecular flexibility index (Phi) is 5.43. The molecule has 0 radical (unpaired) electrons. The third kappa shape index (κ3) is 3.80. The van der Waals surface area contributed by atoms with Gasteiger partial charge in [0.1, 0.15) is 0 Å². The van der Waals surface area contributed by atoms with Crippen molar-refractivity contribution in [3.8, 4) is 6.07 Å². The molecule has 0 unspecified atom stereocenters. The first-order valence-corrected chi connectivity index (χ1v) is 9.02. The molecule has 1 heterocycles. The summed E-state index contributed by atoms with van der Waals surface area (Å²) in [5.41, 5.74) is 4.95. The lowest BCUT2D eigenvalue weighted by atomic mass is 10.1. The van der Waals surface area contributed by atoms with Crippen molar-refractivity contribution in [3.05, 3.63) is 59.2 Å². The molecule has 26 heavy (non-hydrogen) atoms. The number of para-hydroxylation sites is 1. The second-order valence-electron chi connectivity index (χ2n) is 6.53. The average Bonchev–Trinajstić information content (AvgIpc) is 2.69. The molecule has 2 amide bonds. The maximum absolute atomic E-state index is 12.7. The molecule has 2 aromatic carbocycles. The van der Waals surface area contributed by atoms with E-state index in [1.54, 1.807) is 0 Å². The summed E-state index contributed by atoms with van der Waals surface area (Å²) in [6.07, 6.45) is 0.893. The van der Waals surface area contributed by atoms with Gasteiger partial charge < -0.3 is 15.1 Å². The van der Waals surface area contributed by atoms with Crippen molar-refractivity contribution in [3.63, 3.8) is 0 Å². The van der Waals surface area contributed by atoms with Crippen LogP contribution in [-0.4, -0.2) is 37.1 Å². The minimum atomic E-state index is -0.0338. The molecular weight excluding hydrogens is 324 g/mol. The number of nitrogens with zero attached hydrogens (tertiary/aromatic N) is 3. The van der Waals surface area contributed by atoms with E-state index in [0.29, 0.717) is 18.7 Å². The average molecular weight is 348 g/mol. The first-order chi connectivity index (χ1) is 12.6. The number of aryl methyl sites for hydroxylation is 2. The number of nitriles is 1. The number of anilines is 2. The molecule has 0 saturated carbocycles. The number of hydrogen-bond acceptors (Lipinski definition) is 3. The largest absolute Gasteiger partial charge is 0.368 e. The third-order valence-corrected chi connectivity index (χ3v) is 4.90. The van der Waals surface area contributed by atoms with Gasteiger partial charge in [0, 0.05) is 37.6 Å². The molecule has 5 nitrogen and oxygen atoms in total. The number of carbonyl (C=O) groups excluding carboxylic acids is 1. The maximum atomic E-state index is 12.7. The minimum Gasteiger partial charge on any atom is -0.368 e. The first kappa shape index (κ1) is 17.8. The Labute approximate surface area is 154 Å². The Morgan fingerprint density at radius 2 is 1.81 bits per heavy atom. The molecule has 1 aliphatic heterocycles. The van der Waals surface area contributed by atoms with Crippen LogP contribution in [0, 0.1) is 18.3 Å². The van der Waals surface area contributed by atoms with Gasteiger partial charge in [-0.2, -0.15) is 5.26 Å². The van der Waals surface area contributed by atoms with Crippen molar-refractivity contribution < 1.29 is 4.79 Å². The molecule has 0 aromatic heterocycles. The molecular formula is C21H24N4O. The van der Waals surface area contributed by atoms with E-state index >= 15 is 0 Å². The summed E-state index contributed by atoms with van der Waals surface area (Å²) in [4.78, 5) is 16.8. The van der Waals surface area contributed by atoms with Gasteiger partial charge in [0.2, 0.25) is 0 Å². The second kappa shape index (κ2) is 7.92. The summed E-state index contributed by atoms with van der Waals surface area (Å²) in [6, 6.07) is 15.8. The topological polar surface area (TPSA) is 59.4 Å². The van der Waals surface area contributed by atoms with E-state index in [2.05, 4.69) is 29.3 Å². The van der Waals surface area contributed by atoms with Crippen LogP contribution in [0.4, 0.5) is 16.2 Å². The smallest absolute Gasteiger partial charge is 0.321 e. The third-order valence-electron chi connectivity index (χ3n) is 4.90. The van der Waals surface area contributed by atoms with Gasteiger partial charge in [0.05, 0.1) is 11.6 Å². The highest BCUT2D eigenvalue weighted by atomic mass is 16.2. The molecule has 1 N–H and O–H groups in total. The number of hydrogen-bond donors (Lipinski definition) is 1. The van der Waals surface area contributed by atoms with E-state index in [4.69, 9.17) is 5.26 Å². The van der Waals surface area contributed by atoms with Crippen LogP contribution in [-0.2, 0) is 6.42 Å². The minimum absolute atomic E-state index is 0.0338. The van der Waals surface area contributed by atoms with Crippen LogP contribution in [0.1, 0.15) is 23.6 Å². The summed E-state index contributed by atoms with van der Waals surface area (Å²) < 4.78 is 0. The van der Waals surface area contributed by atoms with E-state index in [-0.39, 0.29) is 6.03 Å². The standard InChI is InChI=1S/C21H24N4O/c1-3-18-6-4-5-16(2)20(18)23-21(26)25-13-11-24(12-14-25)19-9-7-17(15-22)8-10-19/h4-10H,3,11-14H2,1-2H3,(H,23,26). The number of piperazine rings is 1. The molecule has 5 heteroatoms. The van der Waals surface area contributed by atoms with Crippen LogP contribution in [0.5, 0.6) is 0 Å². The van der Waals surface area contributed by atoms with E-state index < -0.39 is 0 Å². The van der Waals surface area contributed by atoms with Crippen molar-refractivity contribution in [2.45, 2.75) is 20.3 Å². The van der Waals surface area contributed by atoms with Gasteiger partial charge in [0.25, 0.3) is 0 Å². The Morgan fingerprint density at radius 3 is 2.42 bits per heavy atom. The SMILES string of the molecule is CCc1cccc(C)c1NC(=O)N1CCN(c2ccc(C#N)cc2)CC1. The molecule has 0 aliphatic carbocycles. The van der Waals surface area contributed by atoms with Crippen LogP contribution < -0.4 is 10.2 Å². The van der Waals surface area contributed by atoms with Crippen molar-refractivity contribution in [1.82, 2.24) is 4.90 Å². The zero-order valence-corrected chi connectivity index (χ0v) is 15.3. The molecule has 3 rings (SSSR count). The summed E-state index contributed by atoms with van der Waals surface area (Å²) in [5.74, 6) is 0. The van der Waals surface area contributed by atoms with Crippen molar-refractivity contribution >= 4 is 17.4 Å². The van der Waals surface area contributed by atoms with E-state index in [0.717, 1.165) is 42.0 Å². The Hall–Kier alpha value is -3.00. The number of amides is 2. The predicted molar refractivity (Wildman–Crippen MR) is 105 cm³/mol. The van der Waals surface area contributed by atoms with Gasteiger partial charge in [-0.25, -0.2) is 4.79 Å². The lowest BCUT2D eigenvalue weighted by Crippen LogP contribution is -2.50. The van der Waals surface area contributed by atoms with Crippen LogP contribution in [0.3, 0.4) is 0 Å². The van der Waals surface area contributed by atoms with Gasteiger partial charge in [-0.3, -0.25) is 0 Å². The van der Waals surface area contributed by atoms with Crippen molar-refractivity contribution in [2.24, 2.45) is 0 Å². The Morgan fingerprint density at radius 1 is 1.12 bits per heavy atom. The van der Waals surface area contributed by atoms with E-state index in [9.17, 15) is 4.79 Å². The monoisotopic (exact) mass is 348 g/mol. The molecule has 1 fully saturated rings. The molecule has 0 spiro atoms. The molecule has 2 aromatic rings. The summed E-state index contributed by atoms with van der Waals surface area (Å²) in [5, 5.41) is 12.0. The highest BCUT2D eigenvalue weighted by Crippen LogP contribution is 2.22. The quantitative estimate of drug-likeness (QED) is 0.918.